The maximum absolute atomic E-state index is 9.30. The van der Waals surface area contributed by atoms with Crippen LogP contribution >= 0.6 is 0 Å². The molecule has 2 aromatic carbocycles. The predicted octanol–water partition coefficient (Wildman–Crippen LogP) is 3.75. The molecule has 25 heavy (non-hydrogen) atoms. The Morgan fingerprint density at radius 1 is 1.00 bits per heavy atom. The quantitative estimate of drug-likeness (QED) is 0.578. The molecule has 0 aliphatic heterocycles. The number of rotatable bonds is 8. The number of aliphatic hydroxyl groups is 1. The van der Waals surface area contributed by atoms with Crippen molar-refractivity contribution in [1.29, 1.82) is 0 Å². The van der Waals surface area contributed by atoms with E-state index >= 15 is 0 Å². The van der Waals surface area contributed by atoms with Crippen molar-refractivity contribution >= 4 is 18.7 Å². The summed E-state index contributed by atoms with van der Waals surface area (Å²) >= 11 is 0. The first-order valence-electron chi connectivity index (χ1n) is 8.94. The lowest BCUT2D eigenvalue weighted by atomic mass is 10.1. The Bertz CT molecular complexity index is 607. The fourth-order valence-electron chi connectivity index (χ4n) is 3.43. The van der Waals surface area contributed by atoms with Gasteiger partial charge in [0.1, 0.15) is 0 Å². The summed E-state index contributed by atoms with van der Waals surface area (Å²) in [5.74, 6) is 0.159. The first kappa shape index (κ1) is 19.6. The third kappa shape index (κ3) is 4.29. The molecule has 2 rings (SSSR count). The highest BCUT2D eigenvalue weighted by atomic mass is 28.4. The molecule has 0 saturated carbocycles. The lowest BCUT2D eigenvalue weighted by Crippen LogP contribution is -2.66. The zero-order valence-corrected chi connectivity index (χ0v) is 16.6. The van der Waals surface area contributed by atoms with Crippen molar-refractivity contribution in [2.75, 3.05) is 13.2 Å². The molecule has 0 saturated heterocycles. The van der Waals surface area contributed by atoms with E-state index < -0.39 is 8.32 Å². The van der Waals surface area contributed by atoms with Crippen molar-refractivity contribution in [3.8, 4) is 0 Å². The van der Waals surface area contributed by atoms with Crippen LogP contribution in [0.4, 0.5) is 0 Å². The standard InChI is InChI=1S/C22H30O2Si/c1-5-19(16-17-23)18-24-25(22(2,3)4,20-12-8-6-9-13-20)21-14-10-7-11-15-21/h5-15,19,23H,1,16-18H2,2-4H3/t19-/m1/s1. The van der Waals surface area contributed by atoms with Gasteiger partial charge in [-0.3, -0.25) is 0 Å². The Hall–Kier alpha value is -1.68. The zero-order valence-electron chi connectivity index (χ0n) is 15.6. The van der Waals surface area contributed by atoms with Crippen LogP contribution in [-0.4, -0.2) is 26.6 Å². The van der Waals surface area contributed by atoms with E-state index in [1.807, 2.05) is 6.08 Å². The minimum atomic E-state index is -2.49. The van der Waals surface area contributed by atoms with Gasteiger partial charge in [0.2, 0.25) is 0 Å². The molecule has 1 N–H and O–H groups in total. The summed E-state index contributed by atoms with van der Waals surface area (Å²) in [5.41, 5.74) is 0. The van der Waals surface area contributed by atoms with Crippen LogP contribution in [0.2, 0.25) is 5.04 Å². The second-order valence-corrected chi connectivity index (χ2v) is 11.8. The molecule has 0 radical (unpaired) electrons. The SMILES string of the molecule is C=C[C@H](CCO)CO[Si](c1ccccc1)(c1ccccc1)C(C)(C)C. The monoisotopic (exact) mass is 354 g/mol. The molecular formula is C22H30O2Si. The molecule has 0 amide bonds. The highest BCUT2D eigenvalue weighted by Crippen LogP contribution is 2.37. The molecule has 0 bridgehead atoms. The molecule has 0 unspecified atom stereocenters. The summed E-state index contributed by atoms with van der Waals surface area (Å²) in [5, 5.41) is 11.8. The Labute approximate surface area is 153 Å². The molecule has 0 heterocycles. The summed E-state index contributed by atoms with van der Waals surface area (Å²) in [6, 6.07) is 21.2. The van der Waals surface area contributed by atoms with Crippen LogP contribution < -0.4 is 10.4 Å². The smallest absolute Gasteiger partial charge is 0.261 e. The summed E-state index contributed by atoms with van der Waals surface area (Å²) < 4.78 is 6.83. The Balaban J connectivity index is 2.54. The maximum atomic E-state index is 9.30. The molecule has 0 aliphatic rings. The van der Waals surface area contributed by atoms with E-state index in [9.17, 15) is 5.11 Å². The second-order valence-electron chi connectivity index (χ2n) is 7.48. The number of aliphatic hydroxyl groups excluding tert-OH is 1. The van der Waals surface area contributed by atoms with Crippen LogP contribution in [0, 0.1) is 5.92 Å². The fourth-order valence-corrected chi connectivity index (χ4v) is 8.05. The van der Waals surface area contributed by atoms with Crippen LogP contribution in [0.25, 0.3) is 0 Å². The largest absolute Gasteiger partial charge is 0.407 e. The third-order valence-electron chi connectivity index (χ3n) is 4.76. The highest BCUT2D eigenvalue weighted by molar-refractivity contribution is 6.99. The molecule has 3 heteroatoms. The van der Waals surface area contributed by atoms with Crippen molar-refractivity contribution in [3.05, 3.63) is 73.3 Å². The molecule has 0 spiro atoms. The Kier molecular flexibility index (Phi) is 6.76. The van der Waals surface area contributed by atoms with Gasteiger partial charge >= 0.3 is 0 Å². The van der Waals surface area contributed by atoms with Crippen molar-refractivity contribution in [2.45, 2.75) is 32.2 Å². The van der Waals surface area contributed by atoms with Crippen LogP contribution in [0.1, 0.15) is 27.2 Å². The molecule has 0 aliphatic carbocycles. The maximum Gasteiger partial charge on any atom is 0.261 e. The topological polar surface area (TPSA) is 29.5 Å². The second kappa shape index (κ2) is 8.61. The fraction of sp³-hybridized carbons (Fsp3) is 0.364. The predicted molar refractivity (Wildman–Crippen MR) is 109 cm³/mol. The van der Waals surface area contributed by atoms with Gasteiger partial charge in [0.25, 0.3) is 8.32 Å². The van der Waals surface area contributed by atoms with Crippen LogP contribution in [0.15, 0.2) is 73.3 Å². The lowest BCUT2D eigenvalue weighted by molar-refractivity contribution is 0.214. The van der Waals surface area contributed by atoms with Crippen molar-refractivity contribution in [1.82, 2.24) is 0 Å². The molecule has 0 aromatic heterocycles. The van der Waals surface area contributed by atoms with Gasteiger partial charge in [-0.15, -0.1) is 6.58 Å². The van der Waals surface area contributed by atoms with E-state index in [0.29, 0.717) is 13.0 Å². The van der Waals surface area contributed by atoms with E-state index in [2.05, 4.69) is 88.0 Å². The van der Waals surface area contributed by atoms with Gasteiger partial charge in [-0.2, -0.15) is 0 Å². The summed E-state index contributed by atoms with van der Waals surface area (Å²) in [6.07, 6.45) is 2.58. The zero-order chi connectivity index (χ0) is 18.3. The molecule has 1 atom stereocenters. The normalized spacial score (nSPS) is 13.4. The lowest BCUT2D eigenvalue weighted by Gasteiger charge is -2.43. The molecule has 134 valence electrons. The minimum absolute atomic E-state index is 0.0271. The van der Waals surface area contributed by atoms with E-state index in [0.717, 1.165) is 0 Å². The minimum Gasteiger partial charge on any atom is -0.407 e. The number of hydrogen-bond donors (Lipinski definition) is 1. The first-order chi connectivity index (χ1) is 12.0. The van der Waals surface area contributed by atoms with Gasteiger partial charge in [0.05, 0.1) is 0 Å². The van der Waals surface area contributed by atoms with Crippen molar-refractivity contribution < 1.29 is 9.53 Å². The Morgan fingerprint density at radius 3 is 1.84 bits per heavy atom. The third-order valence-corrected chi connectivity index (χ3v) is 9.77. The van der Waals surface area contributed by atoms with E-state index in [4.69, 9.17) is 4.43 Å². The summed E-state index contributed by atoms with van der Waals surface area (Å²) in [6.45, 7) is 11.5. The number of benzene rings is 2. The molecular weight excluding hydrogens is 324 g/mol. The van der Waals surface area contributed by atoms with E-state index in [1.165, 1.54) is 10.4 Å². The van der Waals surface area contributed by atoms with Crippen LogP contribution in [0.3, 0.4) is 0 Å². The first-order valence-corrected chi connectivity index (χ1v) is 10.8. The van der Waals surface area contributed by atoms with Gasteiger partial charge in [0, 0.05) is 19.1 Å². The van der Waals surface area contributed by atoms with Crippen LogP contribution in [0.5, 0.6) is 0 Å². The van der Waals surface area contributed by atoms with E-state index in [1.54, 1.807) is 0 Å². The van der Waals surface area contributed by atoms with Gasteiger partial charge in [-0.25, -0.2) is 0 Å². The average Bonchev–Trinajstić information content (AvgIpc) is 2.62. The van der Waals surface area contributed by atoms with Crippen LogP contribution in [-0.2, 0) is 4.43 Å². The molecule has 2 nitrogen and oxygen atoms in total. The van der Waals surface area contributed by atoms with Gasteiger partial charge < -0.3 is 9.53 Å². The average molecular weight is 355 g/mol. The van der Waals surface area contributed by atoms with Gasteiger partial charge in [-0.05, 0) is 21.8 Å². The van der Waals surface area contributed by atoms with Crippen molar-refractivity contribution in [3.63, 3.8) is 0 Å². The molecule has 2 aromatic rings. The van der Waals surface area contributed by atoms with Crippen molar-refractivity contribution in [2.24, 2.45) is 5.92 Å². The van der Waals surface area contributed by atoms with Gasteiger partial charge in [-0.1, -0.05) is 87.5 Å². The highest BCUT2D eigenvalue weighted by Gasteiger charge is 2.50. The Morgan fingerprint density at radius 2 is 1.48 bits per heavy atom. The number of hydrogen-bond acceptors (Lipinski definition) is 2. The summed E-state index contributed by atoms with van der Waals surface area (Å²) in [7, 11) is -2.49. The molecule has 0 fully saturated rings. The van der Waals surface area contributed by atoms with Gasteiger partial charge in [0.15, 0.2) is 0 Å². The van der Waals surface area contributed by atoms with E-state index in [-0.39, 0.29) is 17.6 Å². The summed E-state index contributed by atoms with van der Waals surface area (Å²) in [4.78, 5) is 0.